The highest BCUT2D eigenvalue weighted by molar-refractivity contribution is 7.85. The minimum Gasteiger partial charge on any atom is -0.287 e. The molecule has 2 aromatic carbocycles. The molecule has 0 saturated carbocycles. The number of hydrogen-bond donors (Lipinski definition) is 0. The normalized spacial score (nSPS) is 14.6. The van der Waals surface area contributed by atoms with E-state index in [9.17, 15) is 4.21 Å². The third kappa shape index (κ3) is 7.39. The van der Waals surface area contributed by atoms with Crippen molar-refractivity contribution < 1.29 is 4.21 Å². The molecule has 0 bridgehead atoms. The van der Waals surface area contributed by atoms with Crippen LogP contribution in [-0.2, 0) is 24.1 Å². The molecule has 0 aromatic heterocycles. The summed E-state index contributed by atoms with van der Waals surface area (Å²) in [7, 11) is -1.23. The fraction of sp³-hybridized carbons (Fsp3) is 0.435. The molecule has 0 heterocycles. The van der Waals surface area contributed by atoms with Gasteiger partial charge in [0.15, 0.2) is 0 Å². The Balaban J connectivity index is 2.25. The van der Waals surface area contributed by atoms with Crippen molar-refractivity contribution in [1.82, 2.24) is 4.90 Å². The molecular formula is C23H32N2OS. The maximum absolute atomic E-state index is 12.4. The number of benzene rings is 2. The van der Waals surface area contributed by atoms with Gasteiger partial charge >= 0.3 is 0 Å². The third-order valence-corrected chi connectivity index (χ3v) is 5.72. The number of nitrogens with zero attached hydrogens (tertiary/aromatic N) is 2. The largest absolute Gasteiger partial charge is 0.287 e. The van der Waals surface area contributed by atoms with E-state index < -0.39 is 11.0 Å². The van der Waals surface area contributed by atoms with Gasteiger partial charge in [-0.15, -0.1) is 0 Å². The molecule has 3 nitrogen and oxygen atoms in total. The Morgan fingerprint density at radius 2 is 1.44 bits per heavy atom. The van der Waals surface area contributed by atoms with Crippen LogP contribution in [0.2, 0.25) is 0 Å². The van der Waals surface area contributed by atoms with Crippen molar-refractivity contribution in [3.8, 4) is 0 Å². The van der Waals surface area contributed by atoms with Gasteiger partial charge in [-0.05, 0) is 38.3 Å². The first-order chi connectivity index (χ1) is 12.9. The first-order valence-electron chi connectivity index (χ1n) is 9.68. The van der Waals surface area contributed by atoms with E-state index in [-0.39, 0.29) is 10.8 Å². The van der Waals surface area contributed by atoms with E-state index in [2.05, 4.69) is 64.8 Å². The van der Waals surface area contributed by atoms with Crippen molar-refractivity contribution in [2.45, 2.75) is 64.4 Å². The van der Waals surface area contributed by atoms with Gasteiger partial charge in [0.2, 0.25) is 0 Å². The molecule has 0 aliphatic heterocycles. The molecule has 2 aromatic rings. The van der Waals surface area contributed by atoms with Crippen LogP contribution in [0.15, 0.2) is 65.1 Å². The summed E-state index contributed by atoms with van der Waals surface area (Å²) < 4.78 is 16.5. The zero-order valence-corrected chi connectivity index (χ0v) is 17.8. The van der Waals surface area contributed by atoms with Crippen LogP contribution >= 0.6 is 0 Å². The summed E-state index contributed by atoms with van der Waals surface area (Å²) in [6, 6.07) is 21.2. The maximum Gasteiger partial charge on any atom is 0.144 e. The molecule has 146 valence electrons. The van der Waals surface area contributed by atoms with Crippen molar-refractivity contribution in [2.75, 3.05) is 0 Å². The van der Waals surface area contributed by atoms with E-state index in [1.165, 1.54) is 11.1 Å². The third-order valence-electron chi connectivity index (χ3n) is 4.36. The fourth-order valence-electron chi connectivity index (χ4n) is 2.86. The lowest BCUT2D eigenvalue weighted by Gasteiger charge is -2.29. The lowest BCUT2D eigenvalue weighted by Crippen LogP contribution is -2.36. The molecule has 2 atom stereocenters. The zero-order chi connectivity index (χ0) is 19.7. The van der Waals surface area contributed by atoms with Gasteiger partial charge in [0.05, 0.1) is 4.75 Å². The summed E-state index contributed by atoms with van der Waals surface area (Å²) in [6.45, 7) is 9.75. The van der Waals surface area contributed by atoms with E-state index in [1.807, 2.05) is 39.1 Å². The van der Waals surface area contributed by atoms with Crippen LogP contribution in [0.1, 0.15) is 51.7 Å². The topological polar surface area (TPSA) is 32.7 Å². The molecule has 0 amide bonds. The van der Waals surface area contributed by atoms with Crippen LogP contribution in [0.25, 0.3) is 0 Å². The highest BCUT2D eigenvalue weighted by Crippen LogP contribution is 2.17. The fourth-order valence-corrected chi connectivity index (χ4v) is 3.42. The van der Waals surface area contributed by atoms with Gasteiger partial charge in [0.25, 0.3) is 0 Å². The van der Waals surface area contributed by atoms with Crippen molar-refractivity contribution in [3.63, 3.8) is 0 Å². The van der Waals surface area contributed by atoms with Crippen molar-refractivity contribution in [2.24, 2.45) is 4.40 Å². The molecule has 0 aliphatic carbocycles. The summed E-state index contributed by atoms with van der Waals surface area (Å²) in [5.41, 5.74) is 2.56. The van der Waals surface area contributed by atoms with Gasteiger partial charge in [-0.2, -0.15) is 4.40 Å². The van der Waals surface area contributed by atoms with Crippen LogP contribution in [0.4, 0.5) is 0 Å². The van der Waals surface area contributed by atoms with Crippen molar-refractivity contribution in [1.29, 1.82) is 0 Å². The van der Waals surface area contributed by atoms with E-state index in [0.29, 0.717) is 0 Å². The average Bonchev–Trinajstić information content (AvgIpc) is 2.65. The zero-order valence-electron chi connectivity index (χ0n) is 17.0. The minimum absolute atomic E-state index is 0.154. The average molecular weight is 385 g/mol. The highest BCUT2D eigenvalue weighted by atomic mass is 32.2. The predicted octanol–water partition coefficient (Wildman–Crippen LogP) is 5.39. The second-order valence-electron chi connectivity index (χ2n) is 7.85. The van der Waals surface area contributed by atoms with Gasteiger partial charge < -0.3 is 0 Å². The first-order valence-corrected chi connectivity index (χ1v) is 10.8. The Labute approximate surface area is 167 Å². The van der Waals surface area contributed by atoms with E-state index in [4.69, 9.17) is 0 Å². The SMILES string of the molecule is CCC[C@@H](/C=N/S(=O)C(C)(C)C)N(Cc1ccccc1)Cc1ccccc1. The van der Waals surface area contributed by atoms with E-state index in [1.54, 1.807) is 0 Å². The summed E-state index contributed by atoms with van der Waals surface area (Å²) >= 11 is 0. The second-order valence-corrected chi connectivity index (χ2v) is 9.78. The summed E-state index contributed by atoms with van der Waals surface area (Å²) in [4.78, 5) is 2.43. The molecule has 0 N–H and O–H groups in total. The molecule has 4 heteroatoms. The molecule has 2 rings (SSSR count). The number of hydrogen-bond acceptors (Lipinski definition) is 2. The Kier molecular flexibility index (Phi) is 8.39. The van der Waals surface area contributed by atoms with Crippen LogP contribution in [0.5, 0.6) is 0 Å². The quantitative estimate of drug-likeness (QED) is 0.543. The van der Waals surface area contributed by atoms with Crippen LogP contribution in [-0.4, -0.2) is 26.1 Å². The van der Waals surface area contributed by atoms with Crippen molar-refractivity contribution >= 4 is 17.2 Å². The van der Waals surface area contributed by atoms with E-state index in [0.717, 1.165) is 25.9 Å². The Bertz CT molecular complexity index is 682. The summed E-state index contributed by atoms with van der Waals surface area (Å²) in [5.74, 6) is 0. The molecule has 0 saturated heterocycles. The summed E-state index contributed by atoms with van der Waals surface area (Å²) in [5, 5.41) is 0. The smallest absolute Gasteiger partial charge is 0.144 e. The van der Waals surface area contributed by atoms with Crippen LogP contribution in [0, 0.1) is 0 Å². The van der Waals surface area contributed by atoms with Gasteiger partial charge in [0.1, 0.15) is 11.0 Å². The Morgan fingerprint density at radius 1 is 0.963 bits per heavy atom. The lowest BCUT2D eigenvalue weighted by atomic mass is 10.1. The van der Waals surface area contributed by atoms with Gasteiger partial charge in [-0.1, -0.05) is 74.0 Å². The molecule has 1 unspecified atom stereocenters. The summed E-state index contributed by atoms with van der Waals surface area (Å²) in [6.07, 6.45) is 3.96. The standard InChI is InChI=1S/C23H32N2OS/c1-5-12-22(17-24-27(26)23(2,3)4)25(18-20-13-8-6-9-14-20)19-21-15-10-7-11-16-21/h6-11,13-17,22H,5,12,18-19H2,1-4H3/b24-17+/t22-,27?/m0/s1. The van der Waals surface area contributed by atoms with Crippen molar-refractivity contribution in [3.05, 3.63) is 71.8 Å². The van der Waals surface area contributed by atoms with Gasteiger partial charge in [-0.25, -0.2) is 4.21 Å². The molecule has 0 spiro atoms. The molecule has 27 heavy (non-hydrogen) atoms. The van der Waals surface area contributed by atoms with Crippen LogP contribution < -0.4 is 0 Å². The molecule has 0 radical (unpaired) electrons. The Morgan fingerprint density at radius 3 is 1.85 bits per heavy atom. The maximum atomic E-state index is 12.4. The minimum atomic E-state index is -1.23. The van der Waals surface area contributed by atoms with Crippen LogP contribution in [0.3, 0.4) is 0 Å². The highest BCUT2D eigenvalue weighted by Gasteiger charge is 2.21. The van der Waals surface area contributed by atoms with Gasteiger partial charge in [-0.3, -0.25) is 4.90 Å². The molecule has 0 fully saturated rings. The second kappa shape index (κ2) is 10.5. The monoisotopic (exact) mass is 384 g/mol. The van der Waals surface area contributed by atoms with E-state index >= 15 is 0 Å². The predicted molar refractivity (Wildman–Crippen MR) is 117 cm³/mol. The molecule has 0 aliphatic rings. The lowest BCUT2D eigenvalue weighted by molar-refractivity contribution is 0.217. The number of rotatable bonds is 9. The Hall–Kier alpha value is -1.78. The molecular weight excluding hydrogens is 352 g/mol. The first kappa shape index (κ1) is 21.5. The van der Waals surface area contributed by atoms with Gasteiger partial charge in [0, 0.05) is 25.3 Å².